The molecule has 1 rings (SSSR count). The van der Waals surface area contributed by atoms with Crippen LogP contribution in [0.4, 0.5) is 0 Å². The van der Waals surface area contributed by atoms with Crippen molar-refractivity contribution < 1.29 is 4.79 Å². The van der Waals surface area contributed by atoms with E-state index in [0.29, 0.717) is 18.8 Å². The Morgan fingerprint density at radius 3 is 2.79 bits per heavy atom. The van der Waals surface area contributed by atoms with Gasteiger partial charge in [-0.2, -0.15) is 5.10 Å². The Hall–Kier alpha value is -0.720. The van der Waals surface area contributed by atoms with Crippen LogP contribution in [0.15, 0.2) is 10.7 Å². The van der Waals surface area contributed by atoms with Crippen LogP contribution in [-0.2, 0) is 6.54 Å². The molecule has 108 valence electrons. The van der Waals surface area contributed by atoms with E-state index in [4.69, 9.17) is 5.73 Å². The number of nitrogens with two attached hydrogens (primary N) is 1. The minimum absolute atomic E-state index is 0.0903. The lowest BCUT2D eigenvalue weighted by Gasteiger charge is -2.15. The first-order chi connectivity index (χ1) is 9.01. The van der Waals surface area contributed by atoms with E-state index in [0.717, 1.165) is 23.9 Å². The number of halogens is 1. The molecular weight excluding hydrogens is 308 g/mol. The smallest absolute Gasteiger partial charge is 0.186 e. The summed E-state index contributed by atoms with van der Waals surface area (Å²) in [5.41, 5.74) is 6.36. The van der Waals surface area contributed by atoms with Crippen LogP contribution in [0.2, 0.25) is 0 Å². The van der Waals surface area contributed by atoms with Crippen LogP contribution < -0.4 is 5.73 Å². The van der Waals surface area contributed by atoms with Crippen molar-refractivity contribution in [3.63, 3.8) is 0 Å². The van der Waals surface area contributed by atoms with Crippen LogP contribution >= 0.6 is 15.9 Å². The lowest BCUT2D eigenvalue weighted by Crippen LogP contribution is -2.28. The van der Waals surface area contributed by atoms with Crippen LogP contribution in [0.3, 0.4) is 0 Å². The van der Waals surface area contributed by atoms with E-state index >= 15 is 0 Å². The van der Waals surface area contributed by atoms with E-state index in [9.17, 15) is 4.79 Å². The van der Waals surface area contributed by atoms with E-state index in [1.54, 1.807) is 10.9 Å². The molecule has 0 bridgehead atoms. The van der Waals surface area contributed by atoms with Gasteiger partial charge in [-0.3, -0.25) is 9.48 Å². The van der Waals surface area contributed by atoms with Gasteiger partial charge in [0.15, 0.2) is 5.78 Å². The van der Waals surface area contributed by atoms with Crippen molar-refractivity contribution in [2.45, 2.75) is 26.3 Å². The van der Waals surface area contributed by atoms with E-state index in [-0.39, 0.29) is 11.7 Å². The molecule has 0 fully saturated rings. The zero-order valence-electron chi connectivity index (χ0n) is 11.9. The van der Waals surface area contributed by atoms with Crippen molar-refractivity contribution in [1.29, 1.82) is 0 Å². The fourth-order valence-electron chi connectivity index (χ4n) is 1.97. The van der Waals surface area contributed by atoms with Gasteiger partial charge < -0.3 is 10.6 Å². The molecule has 2 N–H and O–H groups in total. The summed E-state index contributed by atoms with van der Waals surface area (Å²) in [5.74, 6) is -0.0245. The Morgan fingerprint density at radius 1 is 1.58 bits per heavy atom. The second-order valence-electron chi connectivity index (χ2n) is 4.95. The summed E-state index contributed by atoms with van der Waals surface area (Å²) >= 11 is 3.41. The second kappa shape index (κ2) is 7.77. The van der Waals surface area contributed by atoms with Gasteiger partial charge in [-0.05, 0) is 36.4 Å². The first-order valence-electron chi connectivity index (χ1n) is 6.61. The summed E-state index contributed by atoms with van der Waals surface area (Å²) < 4.78 is 2.52. The highest BCUT2D eigenvalue weighted by Gasteiger charge is 2.24. The van der Waals surface area contributed by atoms with E-state index in [2.05, 4.69) is 32.9 Å². The maximum absolute atomic E-state index is 12.5. The maximum atomic E-state index is 12.5. The molecule has 1 heterocycles. The third-order valence-corrected chi connectivity index (χ3v) is 3.66. The average Bonchev–Trinajstić information content (AvgIpc) is 2.74. The number of nitrogens with zero attached hydrogens (tertiary/aromatic N) is 3. The number of carbonyl (C=O) groups excluding carboxylic acids is 1. The Labute approximate surface area is 123 Å². The Morgan fingerprint density at radius 2 is 2.26 bits per heavy atom. The van der Waals surface area contributed by atoms with Gasteiger partial charge in [0.1, 0.15) is 5.69 Å². The van der Waals surface area contributed by atoms with Crippen LogP contribution in [-0.4, -0.2) is 47.6 Å². The van der Waals surface area contributed by atoms with Crippen molar-refractivity contribution in [2.24, 2.45) is 11.7 Å². The zero-order valence-corrected chi connectivity index (χ0v) is 13.5. The highest BCUT2D eigenvalue weighted by Crippen LogP contribution is 2.21. The lowest BCUT2D eigenvalue weighted by atomic mass is 9.96. The third-order valence-electron chi connectivity index (χ3n) is 3.08. The molecule has 0 amide bonds. The van der Waals surface area contributed by atoms with Gasteiger partial charge in [-0.25, -0.2) is 0 Å². The lowest BCUT2D eigenvalue weighted by molar-refractivity contribution is 0.0904. The number of rotatable bonds is 8. The Bertz CT molecular complexity index is 417. The van der Waals surface area contributed by atoms with Crippen molar-refractivity contribution in [2.75, 3.05) is 27.2 Å². The SMILES string of the molecule is CCCC(CN)C(=O)c1c(Br)cnn1CCN(C)C. The minimum Gasteiger partial charge on any atom is -0.330 e. The first-order valence-corrected chi connectivity index (χ1v) is 7.40. The predicted molar refractivity (Wildman–Crippen MR) is 80.3 cm³/mol. The number of likely N-dealkylation sites (N-methyl/N-ethyl adjacent to an activating group) is 1. The molecule has 0 aromatic carbocycles. The molecule has 6 heteroatoms. The van der Waals surface area contributed by atoms with E-state index in [1.807, 2.05) is 14.1 Å². The Kier molecular flexibility index (Phi) is 6.68. The maximum Gasteiger partial charge on any atom is 0.186 e. The number of hydrogen-bond acceptors (Lipinski definition) is 4. The number of carbonyl (C=O) groups is 1. The van der Waals surface area contributed by atoms with Crippen molar-refractivity contribution in [1.82, 2.24) is 14.7 Å². The quantitative estimate of drug-likeness (QED) is 0.738. The Balaban J connectivity index is 2.91. The third kappa shape index (κ3) is 4.40. The van der Waals surface area contributed by atoms with Crippen LogP contribution in [0.5, 0.6) is 0 Å². The normalized spacial score (nSPS) is 12.9. The number of ketones is 1. The molecule has 0 aliphatic heterocycles. The molecule has 0 aliphatic carbocycles. The first kappa shape index (κ1) is 16.3. The van der Waals surface area contributed by atoms with E-state index in [1.165, 1.54) is 0 Å². The minimum atomic E-state index is -0.115. The molecule has 1 atom stereocenters. The fraction of sp³-hybridized carbons (Fsp3) is 0.692. The van der Waals surface area contributed by atoms with Gasteiger partial charge >= 0.3 is 0 Å². The molecule has 0 radical (unpaired) electrons. The average molecular weight is 331 g/mol. The van der Waals surface area contributed by atoms with Crippen LogP contribution in [0.25, 0.3) is 0 Å². The van der Waals surface area contributed by atoms with E-state index < -0.39 is 0 Å². The summed E-state index contributed by atoms with van der Waals surface area (Å²) in [6.45, 7) is 3.99. The molecule has 0 spiro atoms. The summed E-state index contributed by atoms with van der Waals surface area (Å²) in [4.78, 5) is 14.6. The van der Waals surface area contributed by atoms with Crippen molar-refractivity contribution >= 4 is 21.7 Å². The highest BCUT2D eigenvalue weighted by molar-refractivity contribution is 9.10. The van der Waals surface area contributed by atoms with Gasteiger partial charge in [0.2, 0.25) is 0 Å². The molecule has 0 saturated heterocycles. The molecule has 0 saturated carbocycles. The summed E-state index contributed by atoms with van der Waals surface area (Å²) in [6, 6.07) is 0. The summed E-state index contributed by atoms with van der Waals surface area (Å²) in [6.07, 6.45) is 3.46. The topological polar surface area (TPSA) is 64.2 Å². The molecule has 1 aromatic heterocycles. The van der Waals surface area contributed by atoms with Crippen LogP contribution in [0.1, 0.15) is 30.3 Å². The highest BCUT2D eigenvalue weighted by atomic mass is 79.9. The number of aromatic nitrogens is 2. The molecule has 1 unspecified atom stereocenters. The van der Waals surface area contributed by atoms with Gasteiger partial charge in [0.25, 0.3) is 0 Å². The molecule has 5 nitrogen and oxygen atoms in total. The van der Waals surface area contributed by atoms with Gasteiger partial charge in [-0.1, -0.05) is 13.3 Å². The predicted octanol–water partition coefficient (Wildman–Crippen LogP) is 1.76. The zero-order chi connectivity index (χ0) is 14.4. The largest absolute Gasteiger partial charge is 0.330 e. The van der Waals surface area contributed by atoms with Gasteiger partial charge in [-0.15, -0.1) is 0 Å². The molecule has 1 aromatic rings. The summed E-state index contributed by atoms with van der Waals surface area (Å²) in [7, 11) is 4.00. The van der Waals surface area contributed by atoms with Crippen molar-refractivity contribution in [3.05, 3.63) is 16.4 Å². The van der Waals surface area contributed by atoms with Gasteiger partial charge in [0, 0.05) is 19.0 Å². The van der Waals surface area contributed by atoms with Crippen molar-refractivity contribution in [3.8, 4) is 0 Å². The monoisotopic (exact) mass is 330 g/mol. The standard InChI is InChI=1S/C13H23BrN4O/c1-4-5-10(8-15)13(19)12-11(14)9-16-18(12)7-6-17(2)3/h9-10H,4-8,15H2,1-3H3. The summed E-state index contributed by atoms with van der Waals surface area (Å²) in [5, 5.41) is 4.27. The van der Waals surface area contributed by atoms with Crippen LogP contribution in [0, 0.1) is 5.92 Å². The molecule has 0 aliphatic rings. The second-order valence-corrected chi connectivity index (χ2v) is 5.81. The fourth-order valence-corrected chi connectivity index (χ4v) is 2.46. The van der Waals surface area contributed by atoms with Gasteiger partial charge in [0.05, 0.1) is 17.2 Å². The number of Topliss-reactive ketones (excluding diaryl/α,β-unsaturated/α-hetero) is 1. The number of hydrogen-bond donors (Lipinski definition) is 1. The molecular formula is C13H23BrN4O. The molecule has 19 heavy (non-hydrogen) atoms.